The van der Waals surface area contributed by atoms with E-state index in [1.807, 2.05) is 6.92 Å². The summed E-state index contributed by atoms with van der Waals surface area (Å²) in [7, 11) is 1.25. The zero-order valence-electron chi connectivity index (χ0n) is 8.76. The molecule has 0 saturated carbocycles. The molecule has 6 heteroatoms. The maximum absolute atomic E-state index is 11.8. The first-order valence-corrected chi connectivity index (χ1v) is 5.71. The molecule has 0 spiro atoms. The molecule has 0 aliphatic heterocycles. The lowest BCUT2D eigenvalue weighted by Crippen LogP contribution is -2.20. The van der Waals surface area contributed by atoms with Crippen LogP contribution in [-0.4, -0.2) is 30.3 Å². The fourth-order valence-corrected chi connectivity index (χ4v) is 2.25. The normalized spacial score (nSPS) is 13.7. The molecule has 0 aromatic rings. The van der Waals surface area contributed by atoms with Crippen LogP contribution in [0.4, 0.5) is 13.2 Å². The van der Waals surface area contributed by atoms with Gasteiger partial charge in [-0.3, -0.25) is 4.79 Å². The zero-order chi connectivity index (χ0) is 11.9. The Morgan fingerprint density at radius 3 is 2.47 bits per heavy atom. The summed E-state index contributed by atoms with van der Waals surface area (Å²) in [5, 5.41) is -0.470. The Morgan fingerprint density at radius 2 is 2.07 bits per heavy atom. The molecule has 90 valence electrons. The van der Waals surface area contributed by atoms with Gasteiger partial charge in [-0.05, 0) is 6.42 Å². The Bertz CT molecular complexity index is 194. The number of thioether (sulfide) groups is 1. The van der Waals surface area contributed by atoms with E-state index < -0.39 is 23.8 Å². The van der Waals surface area contributed by atoms with E-state index in [1.165, 1.54) is 7.11 Å². The third-order valence-corrected chi connectivity index (χ3v) is 2.99. The van der Waals surface area contributed by atoms with Crippen molar-refractivity contribution < 1.29 is 22.7 Å². The minimum absolute atomic E-state index is 0.0940. The number of alkyl halides is 3. The Labute approximate surface area is 91.6 Å². The molecule has 0 saturated heterocycles. The summed E-state index contributed by atoms with van der Waals surface area (Å²) in [4.78, 5) is 11.1. The zero-order valence-corrected chi connectivity index (χ0v) is 9.58. The van der Waals surface area contributed by atoms with Gasteiger partial charge in [-0.25, -0.2) is 0 Å². The topological polar surface area (TPSA) is 26.3 Å². The van der Waals surface area contributed by atoms with Crippen LogP contribution < -0.4 is 0 Å². The minimum atomic E-state index is -4.15. The summed E-state index contributed by atoms with van der Waals surface area (Å²) < 4.78 is 40.0. The molecule has 0 fully saturated rings. The van der Waals surface area contributed by atoms with Crippen molar-refractivity contribution in [2.75, 3.05) is 12.9 Å². The highest BCUT2D eigenvalue weighted by atomic mass is 32.2. The number of methoxy groups -OCH3 is 1. The predicted molar refractivity (Wildman–Crippen MR) is 53.8 cm³/mol. The highest BCUT2D eigenvalue weighted by Gasteiger charge is 2.28. The Kier molecular flexibility index (Phi) is 6.80. The van der Waals surface area contributed by atoms with Crippen LogP contribution in [0.5, 0.6) is 0 Å². The molecule has 0 radical (unpaired) electrons. The average Bonchev–Trinajstić information content (AvgIpc) is 2.13. The third-order valence-electron chi connectivity index (χ3n) is 1.72. The molecule has 0 aromatic carbocycles. The van der Waals surface area contributed by atoms with Crippen molar-refractivity contribution in [3.63, 3.8) is 0 Å². The standard InChI is InChI=1S/C9H15F3O2S/c1-3-4-7(8(13)14-2)15-6-5-9(10,11)12/h7H,3-6H2,1-2H3. The molecule has 0 aliphatic carbocycles. The summed E-state index contributed by atoms with van der Waals surface area (Å²) in [5.41, 5.74) is 0. The van der Waals surface area contributed by atoms with E-state index in [1.54, 1.807) is 0 Å². The molecule has 0 aromatic heterocycles. The second kappa shape index (κ2) is 6.98. The number of carbonyl (C=O) groups is 1. The monoisotopic (exact) mass is 244 g/mol. The number of halogens is 3. The fourth-order valence-electron chi connectivity index (χ4n) is 0.980. The fraction of sp³-hybridized carbons (Fsp3) is 0.889. The number of esters is 1. The van der Waals surface area contributed by atoms with Crippen molar-refractivity contribution in [2.45, 2.75) is 37.6 Å². The maximum atomic E-state index is 11.8. The molecule has 0 N–H and O–H groups in total. The minimum Gasteiger partial charge on any atom is -0.468 e. The average molecular weight is 244 g/mol. The van der Waals surface area contributed by atoms with Crippen LogP contribution in [0.2, 0.25) is 0 Å². The first-order valence-electron chi connectivity index (χ1n) is 4.67. The third kappa shape index (κ3) is 7.53. The van der Waals surface area contributed by atoms with Gasteiger partial charge in [0.1, 0.15) is 5.25 Å². The Morgan fingerprint density at radius 1 is 1.47 bits per heavy atom. The molecule has 15 heavy (non-hydrogen) atoms. The first kappa shape index (κ1) is 14.6. The molecule has 0 bridgehead atoms. The molecule has 0 rings (SSSR count). The lowest BCUT2D eigenvalue weighted by atomic mass is 10.2. The Balaban J connectivity index is 3.91. The van der Waals surface area contributed by atoms with Gasteiger partial charge in [-0.2, -0.15) is 13.2 Å². The Hall–Kier alpha value is -0.390. The molecule has 0 amide bonds. The van der Waals surface area contributed by atoms with Crippen LogP contribution in [0.25, 0.3) is 0 Å². The van der Waals surface area contributed by atoms with Crippen LogP contribution in [0.3, 0.4) is 0 Å². The molecular weight excluding hydrogens is 229 g/mol. The van der Waals surface area contributed by atoms with E-state index in [9.17, 15) is 18.0 Å². The lowest BCUT2D eigenvalue weighted by molar-refractivity contribution is -0.140. The molecule has 1 atom stereocenters. The van der Waals surface area contributed by atoms with Crippen molar-refractivity contribution in [1.82, 2.24) is 0 Å². The van der Waals surface area contributed by atoms with Crippen molar-refractivity contribution in [1.29, 1.82) is 0 Å². The van der Waals surface area contributed by atoms with E-state index in [-0.39, 0.29) is 5.75 Å². The maximum Gasteiger partial charge on any atom is 0.389 e. The van der Waals surface area contributed by atoms with Crippen LogP contribution in [0, 0.1) is 0 Å². The highest BCUT2D eigenvalue weighted by molar-refractivity contribution is 8.00. The van der Waals surface area contributed by atoms with Gasteiger partial charge in [0.05, 0.1) is 13.5 Å². The summed E-state index contributed by atoms with van der Waals surface area (Å²) in [6, 6.07) is 0. The van der Waals surface area contributed by atoms with Crippen molar-refractivity contribution in [3.8, 4) is 0 Å². The van der Waals surface area contributed by atoms with Gasteiger partial charge in [0, 0.05) is 5.75 Å². The van der Waals surface area contributed by atoms with Gasteiger partial charge in [0.25, 0.3) is 0 Å². The first-order chi connectivity index (χ1) is 6.90. The van der Waals surface area contributed by atoms with Crippen LogP contribution >= 0.6 is 11.8 Å². The number of hydrogen-bond acceptors (Lipinski definition) is 3. The SMILES string of the molecule is CCCC(SCCC(F)(F)F)C(=O)OC. The molecule has 0 aliphatic rings. The van der Waals surface area contributed by atoms with Gasteiger partial charge in [0.2, 0.25) is 0 Å². The number of ether oxygens (including phenoxy) is 1. The molecule has 0 heterocycles. The van der Waals surface area contributed by atoms with E-state index in [0.29, 0.717) is 6.42 Å². The van der Waals surface area contributed by atoms with E-state index >= 15 is 0 Å². The number of carbonyl (C=O) groups excluding carboxylic acids is 1. The van der Waals surface area contributed by atoms with Crippen LogP contribution in [0.1, 0.15) is 26.2 Å². The lowest BCUT2D eigenvalue weighted by Gasteiger charge is -2.13. The van der Waals surface area contributed by atoms with Crippen LogP contribution in [0.15, 0.2) is 0 Å². The van der Waals surface area contributed by atoms with Gasteiger partial charge in [-0.15, -0.1) is 11.8 Å². The van der Waals surface area contributed by atoms with E-state index in [2.05, 4.69) is 4.74 Å². The number of hydrogen-bond donors (Lipinski definition) is 0. The van der Waals surface area contributed by atoms with Crippen molar-refractivity contribution >= 4 is 17.7 Å². The highest BCUT2D eigenvalue weighted by Crippen LogP contribution is 2.25. The molecular formula is C9H15F3O2S. The molecule has 1 unspecified atom stereocenters. The quantitative estimate of drug-likeness (QED) is 0.672. The number of rotatable bonds is 6. The largest absolute Gasteiger partial charge is 0.468 e. The summed E-state index contributed by atoms with van der Waals surface area (Å²) in [6.07, 6.45) is -3.72. The van der Waals surface area contributed by atoms with Gasteiger partial charge in [0.15, 0.2) is 0 Å². The summed E-state index contributed by atoms with van der Waals surface area (Å²) in [5.74, 6) is -0.535. The van der Waals surface area contributed by atoms with Crippen molar-refractivity contribution in [3.05, 3.63) is 0 Å². The van der Waals surface area contributed by atoms with E-state index in [0.717, 1.165) is 18.2 Å². The summed E-state index contributed by atoms with van der Waals surface area (Å²) >= 11 is 1.01. The predicted octanol–water partition coefficient (Wildman–Crippen LogP) is 3.01. The molecule has 2 nitrogen and oxygen atoms in total. The van der Waals surface area contributed by atoms with Gasteiger partial charge < -0.3 is 4.74 Å². The second-order valence-electron chi connectivity index (χ2n) is 3.04. The van der Waals surface area contributed by atoms with Crippen molar-refractivity contribution in [2.24, 2.45) is 0 Å². The summed E-state index contributed by atoms with van der Waals surface area (Å²) in [6.45, 7) is 1.88. The van der Waals surface area contributed by atoms with Crippen LogP contribution in [-0.2, 0) is 9.53 Å². The van der Waals surface area contributed by atoms with E-state index in [4.69, 9.17) is 0 Å². The van der Waals surface area contributed by atoms with Gasteiger partial charge >= 0.3 is 12.1 Å². The second-order valence-corrected chi connectivity index (χ2v) is 4.35. The van der Waals surface area contributed by atoms with Gasteiger partial charge in [-0.1, -0.05) is 13.3 Å². The smallest absolute Gasteiger partial charge is 0.389 e.